The normalized spacial score (nSPS) is 14.6. The maximum absolute atomic E-state index is 14.1. The average Bonchev–Trinajstić information content (AvgIpc) is 2.82. The largest absolute Gasteiger partial charge is 0.356 e. The highest BCUT2D eigenvalue weighted by atomic mass is 32.2. The van der Waals surface area contributed by atoms with E-state index in [0.717, 1.165) is 48.8 Å². The van der Waals surface area contributed by atoms with Crippen molar-refractivity contribution in [3.8, 4) is 0 Å². The first-order valence-electron chi connectivity index (χ1n) is 12.1. The minimum atomic E-state index is -0.894. The van der Waals surface area contributed by atoms with E-state index in [2.05, 4.69) is 15.5 Å². The molecule has 1 amide bonds. The van der Waals surface area contributed by atoms with E-state index in [0.29, 0.717) is 16.7 Å². The number of hydrogen-bond donors (Lipinski definition) is 3. The van der Waals surface area contributed by atoms with E-state index in [-0.39, 0.29) is 12.2 Å². The molecule has 1 aliphatic heterocycles. The minimum Gasteiger partial charge on any atom is -0.356 e. The van der Waals surface area contributed by atoms with Crippen LogP contribution in [0.25, 0.3) is 0 Å². The summed E-state index contributed by atoms with van der Waals surface area (Å²) in [6.07, 6.45) is 1.82. The summed E-state index contributed by atoms with van der Waals surface area (Å²) >= 11 is 1.39. The molecule has 3 aromatic rings. The first-order chi connectivity index (χ1) is 17.7. The average molecular weight is 528 g/mol. The zero-order chi connectivity index (χ0) is 26.5. The number of anilines is 3. The molecule has 4 N–H and O–H groups in total. The molecule has 1 saturated heterocycles. The number of carbonyl (C=O) groups is 1. The molecule has 1 fully saturated rings. The fraction of sp³-hybridized carbons (Fsp3) is 0.346. The molecule has 2 heterocycles. The summed E-state index contributed by atoms with van der Waals surface area (Å²) in [4.78, 5) is 26.4. The third-order valence-electron chi connectivity index (χ3n) is 6.06. The molecule has 4 rings (SSSR count). The molecule has 2 unspecified atom stereocenters. The van der Waals surface area contributed by atoms with Crippen LogP contribution in [-0.2, 0) is 0 Å². The highest BCUT2D eigenvalue weighted by Gasteiger charge is 2.22. The van der Waals surface area contributed by atoms with Gasteiger partial charge in [-0.1, -0.05) is 6.07 Å². The van der Waals surface area contributed by atoms with Crippen molar-refractivity contribution in [1.82, 2.24) is 15.3 Å². The first-order valence-corrected chi connectivity index (χ1v) is 12.9. The van der Waals surface area contributed by atoms with Crippen molar-refractivity contribution in [3.05, 3.63) is 65.7 Å². The second-order valence-corrected chi connectivity index (χ2v) is 10.0. The Morgan fingerprint density at radius 3 is 2.41 bits per heavy atom. The van der Waals surface area contributed by atoms with Crippen LogP contribution < -0.4 is 26.2 Å². The van der Waals surface area contributed by atoms with E-state index < -0.39 is 23.1 Å². The van der Waals surface area contributed by atoms with E-state index in [1.165, 1.54) is 29.8 Å². The maximum Gasteiger partial charge on any atom is 0.263 e. The van der Waals surface area contributed by atoms with Gasteiger partial charge in [-0.05, 0) is 75.0 Å². The predicted octanol–water partition coefficient (Wildman–Crippen LogP) is 4.09. The monoisotopic (exact) mass is 527 g/mol. The van der Waals surface area contributed by atoms with Crippen molar-refractivity contribution in [3.63, 3.8) is 0 Å². The van der Waals surface area contributed by atoms with Crippen LogP contribution in [0.1, 0.15) is 30.1 Å². The predicted molar refractivity (Wildman–Crippen MR) is 143 cm³/mol. The van der Waals surface area contributed by atoms with Gasteiger partial charge in [-0.3, -0.25) is 4.79 Å². The van der Waals surface area contributed by atoms with Crippen molar-refractivity contribution in [1.29, 1.82) is 0 Å². The highest BCUT2D eigenvalue weighted by Crippen LogP contribution is 2.31. The fourth-order valence-electron chi connectivity index (χ4n) is 3.87. The third kappa shape index (κ3) is 6.54. The molecule has 2 aromatic carbocycles. The summed E-state index contributed by atoms with van der Waals surface area (Å²) in [5, 5.41) is 7.20. The quantitative estimate of drug-likeness (QED) is 0.268. The molecule has 0 bridgehead atoms. The molecule has 1 aromatic heterocycles. The van der Waals surface area contributed by atoms with E-state index in [9.17, 15) is 13.6 Å². The van der Waals surface area contributed by atoms with Gasteiger partial charge in [0.1, 0.15) is 28.8 Å². The number of benzene rings is 2. The number of nitrogens with one attached hydrogen (secondary N) is 2. The summed E-state index contributed by atoms with van der Waals surface area (Å²) in [5.41, 5.74) is 5.90. The van der Waals surface area contributed by atoms with Gasteiger partial charge in [0.2, 0.25) is 0 Å². The van der Waals surface area contributed by atoms with Crippen LogP contribution in [0.2, 0.25) is 0 Å². The zero-order valence-electron chi connectivity index (χ0n) is 21.0. The van der Waals surface area contributed by atoms with Crippen molar-refractivity contribution in [2.75, 3.05) is 42.3 Å². The van der Waals surface area contributed by atoms with Gasteiger partial charge in [0.15, 0.2) is 5.16 Å². The van der Waals surface area contributed by atoms with Crippen molar-refractivity contribution in [2.45, 2.75) is 42.0 Å². The van der Waals surface area contributed by atoms with E-state index in [4.69, 9.17) is 15.7 Å². The Labute approximate surface area is 219 Å². The zero-order valence-corrected chi connectivity index (χ0v) is 21.9. The first kappa shape index (κ1) is 26.8. The van der Waals surface area contributed by atoms with Gasteiger partial charge in [-0.25, -0.2) is 18.7 Å². The Morgan fingerprint density at radius 1 is 1.16 bits per heavy atom. The fourth-order valence-corrected chi connectivity index (χ4v) is 4.64. The number of amides is 1. The second-order valence-electron chi connectivity index (χ2n) is 8.99. The Kier molecular flexibility index (Phi) is 8.57. The molecule has 0 saturated carbocycles. The SMILES string of the molecule is CNC(CC(C)N)Nc1cc(N2CCC2)nc(Sc2ccc(N(C)C(=O)c3c(F)cccc3F)cc2)n1. The summed E-state index contributed by atoms with van der Waals surface area (Å²) in [6, 6.07) is 12.4. The molecular weight excluding hydrogens is 496 g/mol. The topological polar surface area (TPSA) is 99.4 Å². The second kappa shape index (κ2) is 11.8. The van der Waals surface area contributed by atoms with E-state index in [1.807, 2.05) is 32.2 Å². The number of aromatic nitrogens is 2. The molecule has 0 aliphatic carbocycles. The van der Waals surface area contributed by atoms with Gasteiger partial charge >= 0.3 is 0 Å². The van der Waals surface area contributed by atoms with Crippen molar-refractivity contribution in [2.24, 2.45) is 5.73 Å². The Hall–Kier alpha value is -3.28. The molecule has 0 spiro atoms. The maximum atomic E-state index is 14.1. The summed E-state index contributed by atoms with van der Waals surface area (Å²) in [7, 11) is 3.35. The van der Waals surface area contributed by atoms with E-state index in [1.54, 1.807) is 12.1 Å². The molecular formula is C26H31F2N7OS. The summed E-state index contributed by atoms with van der Waals surface area (Å²) in [6.45, 7) is 3.86. The third-order valence-corrected chi connectivity index (χ3v) is 6.94. The summed E-state index contributed by atoms with van der Waals surface area (Å²) < 4.78 is 28.2. The highest BCUT2D eigenvalue weighted by molar-refractivity contribution is 7.99. The number of carbonyl (C=O) groups excluding carboxylic acids is 1. The van der Waals surface area contributed by atoms with E-state index >= 15 is 0 Å². The number of nitrogens with two attached hydrogens (primary N) is 1. The number of rotatable bonds is 10. The van der Waals surface area contributed by atoms with Crippen LogP contribution in [0.15, 0.2) is 58.6 Å². The van der Waals surface area contributed by atoms with Crippen LogP contribution in [0.5, 0.6) is 0 Å². The Bertz CT molecular complexity index is 1220. The van der Waals surface area contributed by atoms with Gasteiger partial charge in [-0.2, -0.15) is 0 Å². The van der Waals surface area contributed by atoms with Crippen LogP contribution in [0.4, 0.5) is 26.1 Å². The number of halogens is 2. The van der Waals surface area contributed by atoms with Gasteiger partial charge < -0.3 is 26.2 Å². The van der Waals surface area contributed by atoms with Crippen molar-refractivity contribution < 1.29 is 13.6 Å². The molecule has 37 heavy (non-hydrogen) atoms. The van der Waals surface area contributed by atoms with Crippen molar-refractivity contribution >= 4 is 35.0 Å². The van der Waals surface area contributed by atoms with Crippen LogP contribution in [0.3, 0.4) is 0 Å². The summed E-state index contributed by atoms with van der Waals surface area (Å²) in [5.74, 6) is -0.990. The molecule has 1 aliphatic rings. The molecule has 0 radical (unpaired) electrons. The smallest absolute Gasteiger partial charge is 0.263 e. The number of nitrogens with zero attached hydrogens (tertiary/aromatic N) is 4. The van der Waals surface area contributed by atoms with Crippen LogP contribution in [0, 0.1) is 11.6 Å². The lowest BCUT2D eigenvalue weighted by atomic mass is 10.1. The molecule has 11 heteroatoms. The van der Waals surface area contributed by atoms with Gasteiger partial charge in [0.25, 0.3) is 5.91 Å². The lowest BCUT2D eigenvalue weighted by Gasteiger charge is -2.32. The van der Waals surface area contributed by atoms with Gasteiger partial charge in [0.05, 0.1) is 6.17 Å². The lowest BCUT2D eigenvalue weighted by Crippen LogP contribution is -2.39. The molecule has 8 nitrogen and oxygen atoms in total. The lowest BCUT2D eigenvalue weighted by molar-refractivity contribution is 0.0985. The number of hydrogen-bond acceptors (Lipinski definition) is 8. The Morgan fingerprint density at radius 2 is 1.84 bits per heavy atom. The minimum absolute atomic E-state index is 0.0221. The Balaban J connectivity index is 1.52. The molecule has 196 valence electrons. The van der Waals surface area contributed by atoms with Crippen LogP contribution in [-0.4, -0.2) is 55.3 Å². The standard InChI is InChI=1S/C26H31F2N7OS/c1-16(29)14-21(30-2)31-22-15-23(35-12-5-13-35)33-26(32-22)37-18-10-8-17(9-11-18)34(3)25(36)24-19(27)6-4-7-20(24)28/h4,6-11,15-16,21,30H,5,12-14,29H2,1-3H3,(H,31,32,33). The molecule has 2 atom stereocenters. The van der Waals surface area contributed by atoms with Gasteiger partial charge in [-0.15, -0.1) is 0 Å². The van der Waals surface area contributed by atoms with Gasteiger partial charge in [0, 0.05) is 42.8 Å². The van der Waals surface area contributed by atoms with Crippen LogP contribution >= 0.6 is 11.8 Å².